The second-order valence-electron chi connectivity index (χ2n) is 6.09. The van der Waals surface area contributed by atoms with E-state index in [1.165, 1.54) is 0 Å². The molecular formula is C20H20N4O3. The van der Waals surface area contributed by atoms with Crippen molar-refractivity contribution in [2.75, 3.05) is 21.3 Å². The molecule has 2 aromatic heterocycles. The van der Waals surface area contributed by atoms with Gasteiger partial charge in [-0.2, -0.15) is 5.10 Å². The van der Waals surface area contributed by atoms with Gasteiger partial charge in [-0.15, -0.1) is 0 Å². The van der Waals surface area contributed by atoms with Gasteiger partial charge in [0.25, 0.3) is 0 Å². The van der Waals surface area contributed by atoms with Crippen molar-refractivity contribution in [1.82, 2.24) is 19.7 Å². The molecule has 27 heavy (non-hydrogen) atoms. The first kappa shape index (κ1) is 17.0. The van der Waals surface area contributed by atoms with E-state index < -0.39 is 0 Å². The smallest absolute Gasteiger partial charge is 0.203 e. The Hall–Kier alpha value is -3.48. The molecule has 2 heterocycles. The molecular weight excluding hydrogens is 344 g/mol. The molecule has 0 aliphatic carbocycles. The minimum Gasteiger partial charge on any atom is -0.493 e. The van der Waals surface area contributed by atoms with E-state index in [0.29, 0.717) is 28.9 Å². The Bertz CT molecular complexity index is 1090. The van der Waals surface area contributed by atoms with Crippen molar-refractivity contribution in [3.63, 3.8) is 0 Å². The van der Waals surface area contributed by atoms with Gasteiger partial charge in [-0.1, -0.05) is 18.2 Å². The van der Waals surface area contributed by atoms with Crippen LogP contribution in [0.15, 0.2) is 42.6 Å². The van der Waals surface area contributed by atoms with Crippen molar-refractivity contribution < 1.29 is 14.2 Å². The first-order chi connectivity index (χ1) is 13.2. The van der Waals surface area contributed by atoms with Crippen LogP contribution >= 0.6 is 0 Å². The molecule has 0 atom stereocenters. The van der Waals surface area contributed by atoms with Crippen molar-refractivity contribution in [2.24, 2.45) is 7.05 Å². The van der Waals surface area contributed by atoms with Crippen molar-refractivity contribution in [3.05, 3.63) is 42.6 Å². The molecule has 0 bridgehead atoms. The van der Waals surface area contributed by atoms with E-state index in [9.17, 15) is 0 Å². The predicted molar refractivity (Wildman–Crippen MR) is 103 cm³/mol. The SMILES string of the molecule is COc1cc(-c2n[nH]c(-c3cn(C)c4ccccc34)n2)cc(OC)c1OC. The number of benzene rings is 2. The van der Waals surface area contributed by atoms with Crippen molar-refractivity contribution >= 4 is 10.9 Å². The summed E-state index contributed by atoms with van der Waals surface area (Å²) in [5, 5.41) is 8.55. The summed E-state index contributed by atoms with van der Waals surface area (Å²) in [6.45, 7) is 0. The molecule has 0 amide bonds. The zero-order valence-electron chi connectivity index (χ0n) is 15.6. The first-order valence-electron chi connectivity index (χ1n) is 8.43. The highest BCUT2D eigenvalue weighted by molar-refractivity contribution is 5.94. The quantitative estimate of drug-likeness (QED) is 0.585. The fraction of sp³-hybridized carbons (Fsp3) is 0.200. The Balaban J connectivity index is 1.81. The Kier molecular flexibility index (Phi) is 4.19. The maximum atomic E-state index is 5.42. The Morgan fingerprint density at radius 1 is 0.963 bits per heavy atom. The highest BCUT2D eigenvalue weighted by Gasteiger charge is 2.18. The molecule has 0 aliphatic rings. The van der Waals surface area contributed by atoms with Crippen LogP contribution < -0.4 is 14.2 Å². The number of ether oxygens (including phenoxy) is 3. The second-order valence-corrected chi connectivity index (χ2v) is 6.09. The monoisotopic (exact) mass is 364 g/mol. The van der Waals surface area contributed by atoms with Gasteiger partial charge in [-0.25, -0.2) is 4.98 Å². The largest absolute Gasteiger partial charge is 0.493 e. The highest BCUT2D eigenvalue weighted by Crippen LogP contribution is 2.40. The van der Waals surface area contributed by atoms with E-state index in [2.05, 4.69) is 31.9 Å². The van der Waals surface area contributed by atoms with E-state index in [0.717, 1.165) is 22.0 Å². The number of hydrogen-bond donors (Lipinski definition) is 1. The number of hydrogen-bond acceptors (Lipinski definition) is 5. The highest BCUT2D eigenvalue weighted by atomic mass is 16.5. The topological polar surface area (TPSA) is 74.2 Å². The summed E-state index contributed by atoms with van der Waals surface area (Å²) in [6.07, 6.45) is 2.05. The zero-order valence-corrected chi connectivity index (χ0v) is 15.6. The van der Waals surface area contributed by atoms with Crippen LogP contribution in [-0.2, 0) is 7.05 Å². The lowest BCUT2D eigenvalue weighted by atomic mass is 10.1. The van der Waals surface area contributed by atoms with Crippen LogP contribution in [0.5, 0.6) is 17.2 Å². The fourth-order valence-electron chi connectivity index (χ4n) is 3.25. The van der Waals surface area contributed by atoms with Gasteiger partial charge < -0.3 is 18.8 Å². The number of fused-ring (bicyclic) bond motifs is 1. The van der Waals surface area contributed by atoms with E-state index in [1.807, 2.05) is 37.5 Å². The molecule has 0 unspecified atom stereocenters. The predicted octanol–water partition coefficient (Wildman–Crippen LogP) is 3.66. The van der Waals surface area contributed by atoms with Crippen LogP contribution in [-0.4, -0.2) is 41.1 Å². The summed E-state index contributed by atoms with van der Waals surface area (Å²) in [5.74, 6) is 2.91. The number of H-pyrrole nitrogens is 1. The van der Waals surface area contributed by atoms with Crippen LogP contribution in [0.3, 0.4) is 0 Å². The lowest BCUT2D eigenvalue weighted by Crippen LogP contribution is -1.96. The van der Waals surface area contributed by atoms with Crippen molar-refractivity contribution in [3.8, 4) is 40.0 Å². The Labute approximate surface area is 156 Å². The van der Waals surface area contributed by atoms with Gasteiger partial charge in [0.1, 0.15) is 0 Å². The maximum absolute atomic E-state index is 5.42. The number of nitrogens with zero attached hydrogens (tertiary/aromatic N) is 3. The summed E-state index contributed by atoms with van der Waals surface area (Å²) in [7, 11) is 6.76. The third-order valence-electron chi connectivity index (χ3n) is 4.56. The number of aryl methyl sites for hydroxylation is 1. The van der Waals surface area contributed by atoms with Gasteiger partial charge in [-0.05, 0) is 18.2 Å². The zero-order chi connectivity index (χ0) is 19.0. The Morgan fingerprint density at radius 3 is 2.33 bits per heavy atom. The Morgan fingerprint density at radius 2 is 1.67 bits per heavy atom. The summed E-state index contributed by atoms with van der Waals surface area (Å²) in [4.78, 5) is 4.69. The van der Waals surface area contributed by atoms with E-state index in [1.54, 1.807) is 21.3 Å². The summed E-state index contributed by atoms with van der Waals surface area (Å²) in [6, 6.07) is 11.9. The van der Waals surface area contributed by atoms with Crippen molar-refractivity contribution in [2.45, 2.75) is 0 Å². The van der Waals surface area contributed by atoms with Gasteiger partial charge in [0, 0.05) is 35.3 Å². The van der Waals surface area contributed by atoms with E-state index >= 15 is 0 Å². The van der Waals surface area contributed by atoms with Crippen LogP contribution in [0.2, 0.25) is 0 Å². The average Bonchev–Trinajstić information content (AvgIpc) is 3.32. The lowest BCUT2D eigenvalue weighted by molar-refractivity contribution is 0.324. The third-order valence-corrected chi connectivity index (χ3v) is 4.56. The van der Waals surface area contributed by atoms with Gasteiger partial charge >= 0.3 is 0 Å². The standard InChI is InChI=1S/C20H20N4O3/c1-24-11-14(13-7-5-6-8-15(13)24)20-21-19(22-23-20)12-9-16(25-2)18(27-4)17(10-12)26-3/h5-11H,1-4H3,(H,21,22,23). The molecule has 4 aromatic rings. The molecule has 0 saturated heterocycles. The molecule has 0 radical (unpaired) electrons. The van der Waals surface area contributed by atoms with Gasteiger partial charge in [0.15, 0.2) is 23.1 Å². The number of nitrogens with one attached hydrogen (secondary N) is 1. The molecule has 0 spiro atoms. The van der Waals surface area contributed by atoms with Crippen molar-refractivity contribution in [1.29, 1.82) is 0 Å². The summed E-state index contributed by atoms with van der Waals surface area (Å²) < 4.78 is 18.3. The van der Waals surface area contributed by atoms with Crippen LogP contribution in [0.25, 0.3) is 33.7 Å². The molecule has 138 valence electrons. The molecule has 7 heteroatoms. The van der Waals surface area contributed by atoms with E-state index in [-0.39, 0.29) is 0 Å². The molecule has 2 aromatic carbocycles. The van der Waals surface area contributed by atoms with Gasteiger partial charge in [0.05, 0.1) is 21.3 Å². The number of aromatic nitrogens is 4. The minimum absolute atomic E-state index is 0.536. The number of rotatable bonds is 5. The van der Waals surface area contributed by atoms with Gasteiger partial charge in [0.2, 0.25) is 5.75 Å². The molecule has 1 N–H and O–H groups in total. The normalized spacial score (nSPS) is 11.0. The summed E-state index contributed by atoms with van der Waals surface area (Å²) in [5.41, 5.74) is 2.91. The molecule has 0 saturated carbocycles. The van der Waals surface area contributed by atoms with Crippen LogP contribution in [0.1, 0.15) is 0 Å². The van der Waals surface area contributed by atoms with Crippen LogP contribution in [0.4, 0.5) is 0 Å². The first-order valence-corrected chi connectivity index (χ1v) is 8.43. The lowest BCUT2D eigenvalue weighted by Gasteiger charge is -2.12. The number of aromatic amines is 1. The molecule has 0 aliphatic heterocycles. The summed E-state index contributed by atoms with van der Waals surface area (Å²) >= 11 is 0. The fourth-order valence-corrected chi connectivity index (χ4v) is 3.25. The third kappa shape index (κ3) is 2.77. The molecule has 0 fully saturated rings. The second kappa shape index (κ2) is 6.68. The van der Waals surface area contributed by atoms with Crippen LogP contribution in [0, 0.1) is 0 Å². The van der Waals surface area contributed by atoms with E-state index in [4.69, 9.17) is 14.2 Å². The number of para-hydroxylation sites is 1. The van der Waals surface area contributed by atoms with Gasteiger partial charge in [-0.3, -0.25) is 5.10 Å². The molecule has 4 rings (SSSR count). The minimum atomic E-state index is 0.536. The number of methoxy groups -OCH3 is 3. The maximum Gasteiger partial charge on any atom is 0.203 e. The molecule has 7 nitrogen and oxygen atoms in total. The average molecular weight is 364 g/mol.